The van der Waals surface area contributed by atoms with Crippen molar-refractivity contribution in [3.05, 3.63) is 65.7 Å². The number of rotatable bonds is 5. The van der Waals surface area contributed by atoms with Crippen molar-refractivity contribution < 1.29 is 14.6 Å². The molecule has 0 radical (unpaired) electrons. The van der Waals surface area contributed by atoms with Crippen LogP contribution in [0, 0.1) is 0 Å². The minimum atomic E-state index is -0.585. The lowest BCUT2D eigenvalue weighted by atomic mass is 9.99. The molecule has 4 nitrogen and oxygen atoms in total. The van der Waals surface area contributed by atoms with Crippen LogP contribution in [0.4, 0.5) is 0 Å². The number of aliphatic hydroxyl groups excluding tert-OH is 1. The lowest BCUT2D eigenvalue weighted by molar-refractivity contribution is -0.123. The Hall–Kier alpha value is -2.33. The van der Waals surface area contributed by atoms with Crippen LogP contribution in [0.3, 0.4) is 0 Å². The first kappa shape index (κ1) is 15.6. The van der Waals surface area contributed by atoms with E-state index >= 15 is 0 Å². The topological polar surface area (TPSA) is 58.6 Å². The molecule has 0 spiro atoms. The molecule has 3 rings (SSSR count). The molecule has 120 valence electrons. The summed E-state index contributed by atoms with van der Waals surface area (Å²) in [5.74, 6) is 0.454. The molecule has 3 atom stereocenters. The van der Waals surface area contributed by atoms with Crippen molar-refractivity contribution in [2.75, 3.05) is 6.61 Å². The van der Waals surface area contributed by atoms with Crippen molar-refractivity contribution in [3.63, 3.8) is 0 Å². The summed E-state index contributed by atoms with van der Waals surface area (Å²) in [6, 6.07) is 17.0. The number of amides is 1. The number of nitrogens with one attached hydrogen (secondary N) is 1. The van der Waals surface area contributed by atoms with Gasteiger partial charge in [-0.3, -0.25) is 4.79 Å². The fraction of sp³-hybridized carbons (Fsp3) is 0.316. The maximum atomic E-state index is 12.5. The Morgan fingerprint density at radius 1 is 1.22 bits per heavy atom. The van der Waals surface area contributed by atoms with Gasteiger partial charge in [-0.15, -0.1) is 0 Å². The van der Waals surface area contributed by atoms with Crippen LogP contribution in [-0.4, -0.2) is 23.7 Å². The van der Waals surface area contributed by atoms with Gasteiger partial charge in [0.15, 0.2) is 0 Å². The van der Waals surface area contributed by atoms with Gasteiger partial charge in [-0.05, 0) is 25.0 Å². The Labute approximate surface area is 136 Å². The summed E-state index contributed by atoms with van der Waals surface area (Å²) in [7, 11) is 0. The van der Waals surface area contributed by atoms with Crippen LogP contribution in [0.25, 0.3) is 0 Å². The zero-order valence-electron chi connectivity index (χ0n) is 13.1. The van der Waals surface area contributed by atoms with E-state index < -0.39 is 6.10 Å². The van der Waals surface area contributed by atoms with Crippen LogP contribution in [0.15, 0.2) is 54.6 Å². The molecule has 1 heterocycles. The van der Waals surface area contributed by atoms with Gasteiger partial charge in [0.2, 0.25) is 5.91 Å². The summed E-state index contributed by atoms with van der Waals surface area (Å²) >= 11 is 0. The third-order valence-corrected chi connectivity index (χ3v) is 4.17. The smallest absolute Gasteiger partial charge is 0.231 e. The Morgan fingerprint density at radius 3 is 2.70 bits per heavy atom. The summed E-state index contributed by atoms with van der Waals surface area (Å²) in [6.07, 6.45) is -0.107. The van der Waals surface area contributed by atoms with Gasteiger partial charge in [0.05, 0.1) is 6.10 Å². The van der Waals surface area contributed by atoms with Crippen molar-refractivity contribution in [2.24, 2.45) is 0 Å². The average molecular weight is 311 g/mol. The van der Waals surface area contributed by atoms with E-state index in [9.17, 15) is 9.90 Å². The molecule has 0 unspecified atom stereocenters. The fourth-order valence-corrected chi connectivity index (χ4v) is 2.93. The summed E-state index contributed by atoms with van der Waals surface area (Å²) in [5.41, 5.74) is 1.80. The van der Waals surface area contributed by atoms with E-state index in [0.29, 0.717) is 13.0 Å². The molecule has 0 fully saturated rings. The maximum absolute atomic E-state index is 12.5. The van der Waals surface area contributed by atoms with E-state index in [1.807, 2.05) is 61.5 Å². The molecule has 1 amide bonds. The molecular weight excluding hydrogens is 290 g/mol. The lowest BCUT2D eigenvalue weighted by Gasteiger charge is -2.20. The van der Waals surface area contributed by atoms with Gasteiger partial charge in [-0.25, -0.2) is 0 Å². The highest BCUT2D eigenvalue weighted by Crippen LogP contribution is 2.33. The number of benzene rings is 2. The predicted octanol–water partition coefficient (Wildman–Crippen LogP) is 2.79. The van der Waals surface area contributed by atoms with Crippen LogP contribution >= 0.6 is 0 Å². The minimum Gasteiger partial charge on any atom is -0.492 e. The number of carbonyl (C=O) groups excluding carboxylic acids is 1. The number of ether oxygens (including phenoxy) is 1. The largest absolute Gasteiger partial charge is 0.492 e. The van der Waals surface area contributed by atoms with E-state index in [1.54, 1.807) is 0 Å². The van der Waals surface area contributed by atoms with Crippen LogP contribution < -0.4 is 10.1 Å². The van der Waals surface area contributed by atoms with Crippen LogP contribution in [0.5, 0.6) is 5.75 Å². The number of hydrogen-bond donors (Lipinski definition) is 2. The fourth-order valence-electron chi connectivity index (χ4n) is 2.93. The number of aliphatic hydroxyl groups is 1. The van der Waals surface area contributed by atoms with Gasteiger partial charge < -0.3 is 15.2 Å². The third kappa shape index (κ3) is 3.54. The van der Waals surface area contributed by atoms with Gasteiger partial charge in [-0.2, -0.15) is 0 Å². The summed E-state index contributed by atoms with van der Waals surface area (Å²) in [5, 5.41) is 13.2. The molecule has 0 aromatic heterocycles. The Balaban J connectivity index is 1.58. The highest BCUT2D eigenvalue weighted by molar-refractivity contribution is 5.85. The number of hydrogen-bond acceptors (Lipinski definition) is 3. The second kappa shape index (κ2) is 6.84. The molecule has 4 heteroatoms. The Bertz CT molecular complexity index is 671. The Kier molecular flexibility index (Phi) is 4.63. The molecule has 1 aliphatic rings. The monoisotopic (exact) mass is 311 g/mol. The number of para-hydroxylation sites is 1. The molecule has 0 aliphatic carbocycles. The zero-order chi connectivity index (χ0) is 16.2. The predicted molar refractivity (Wildman–Crippen MR) is 88.3 cm³/mol. The highest BCUT2D eigenvalue weighted by atomic mass is 16.5. The summed E-state index contributed by atoms with van der Waals surface area (Å²) in [6.45, 7) is 2.28. The molecule has 2 N–H and O–H groups in total. The number of fused-ring (bicyclic) bond motifs is 1. The van der Waals surface area contributed by atoms with Crippen molar-refractivity contribution >= 4 is 5.91 Å². The quantitative estimate of drug-likeness (QED) is 0.892. The van der Waals surface area contributed by atoms with Crippen molar-refractivity contribution in [1.29, 1.82) is 0 Å². The Morgan fingerprint density at radius 2 is 1.91 bits per heavy atom. The SMILES string of the molecule is C[C@@H](C[C@H](O)c1ccccc1)NC(=O)[C@@H]1COc2ccccc21. The lowest BCUT2D eigenvalue weighted by Crippen LogP contribution is -2.37. The minimum absolute atomic E-state index is 0.0530. The van der Waals surface area contributed by atoms with E-state index in [2.05, 4.69) is 5.32 Å². The van der Waals surface area contributed by atoms with Gasteiger partial charge in [0.25, 0.3) is 0 Å². The first-order chi connectivity index (χ1) is 11.1. The molecule has 0 bridgehead atoms. The number of carbonyl (C=O) groups is 1. The molecule has 0 saturated carbocycles. The van der Waals surface area contributed by atoms with E-state index in [-0.39, 0.29) is 17.9 Å². The maximum Gasteiger partial charge on any atom is 0.231 e. The second-order valence-electron chi connectivity index (χ2n) is 5.97. The van der Waals surface area contributed by atoms with Gasteiger partial charge >= 0.3 is 0 Å². The van der Waals surface area contributed by atoms with E-state index in [1.165, 1.54) is 0 Å². The zero-order valence-corrected chi connectivity index (χ0v) is 13.1. The third-order valence-electron chi connectivity index (χ3n) is 4.17. The molecule has 2 aromatic rings. The first-order valence-corrected chi connectivity index (χ1v) is 7.90. The van der Waals surface area contributed by atoms with Gasteiger partial charge in [0, 0.05) is 11.6 Å². The molecule has 0 saturated heterocycles. The van der Waals surface area contributed by atoms with Gasteiger partial charge in [-0.1, -0.05) is 48.5 Å². The standard InChI is InChI=1S/C19H21NO3/c1-13(11-17(21)14-7-3-2-4-8-14)20-19(22)16-12-23-18-10-6-5-9-15(16)18/h2-10,13,16-17,21H,11-12H2,1H3,(H,20,22)/t13-,16+,17-/m0/s1. The summed E-state index contributed by atoms with van der Waals surface area (Å²) in [4.78, 5) is 12.5. The average Bonchev–Trinajstić information content (AvgIpc) is 2.99. The van der Waals surface area contributed by atoms with E-state index in [4.69, 9.17) is 4.74 Å². The highest BCUT2D eigenvalue weighted by Gasteiger charge is 2.30. The van der Waals surface area contributed by atoms with Crippen LogP contribution in [0.2, 0.25) is 0 Å². The summed E-state index contributed by atoms with van der Waals surface area (Å²) < 4.78 is 5.55. The van der Waals surface area contributed by atoms with Crippen molar-refractivity contribution in [3.8, 4) is 5.75 Å². The first-order valence-electron chi connectivity index (χ1n) is 7.90. The van der Waals surface area contributed by atoms with E-state index in [0.717, 1.165) is 16.9 Å². The second-order valence-corrected chi connectivity index (χ2v) is 5.97. The normalized spacial score (nSPS) is 18.6. The van der Waals surface area contributed by atoms with Crippen molar-refractivity contribution in [1.82, 2.24) is 5.32 Å². The molecule has 1 aliphatic heterocycles. The molecular formula is C19H21NO3. The van der Waals surface area contributed by atoms with Crippen LogP contribution in [0.1, 0.15) is 36.5 Å². The van der Waals surface area contributed by atoms with Crippen LogP contribution in [-0.2, 0) is 4.79 Å². The molecule has 23 heavy (non-hydrogen) atoms. The van der Waals surface area contributed by atoms with Gasteiger partial charge in [0.1, 0.15) is 18.3 Å². The van der Waals surface area contributed by atoms with Crippen molar-refractivity contribution in [2.45, 2.75) is 31.4 Å². The molecule has 2 aromatic carbocycles.